The van der Waals surface area contributed by atoms with E-state index in [0.717, 1.165) is 16.3 Å². The Hall–Kier alpha value is -1.19. The molecule has 1 unspecified atom stereocenters. The smallest absolute Gasteiger partial charge is 0.0957 e. The molecule has 2 nitrogen and oxygen atoms in total. The Bertz CT molecular complexity index is 554. The minimum absolute atomic E-state index is 0.0381. The van der Waals surface area contributed by atoms with E-state index in [2.05, 4.69) is 31.8 Å². The van der Waals surface area contributed by atoms with E-state index in [-0.39, 0.29) is 5.41 Å². The van der Waals surface area contributed by atoms with Gasteiger partial charge in [0.2, 0.25) is 0 Å². The van der Waals surface area contributed by atoms with Gasteiger partial charge < -0.3 is 5.11 Å². The lowest BCUT2D eigenvalue weighted by molar-refractivity contribution is 0.176. The molecule has 0 aliphatic carbocycles. The number of aliphatic hydroxyl groups is 1. The highest BCUT2D eigenvalue weighted by Gasteiger charge is 2.22. The maximum atomic E-state index is 10.5. The fourth-order valence-corrected chi connectivity index (χ4v) is 3.05. The van der Waals surface area contributed by atoms with Gasteiger partial charge in [-0.25, -0.2) is 4.98 Å². The van der Waals surface area contributed by atoms with Gasteiger partial charge in [0.15, 0.2) is 0 Å². The summed E-state index contributed by atoms with van der Waals surface area (Å²) in [5.41, 5.74) is 3.28. The lowest BCUT2D eigenvalue weighted by Gasteiger charge is -2.25. The number of rotatable bonds is 3. The molecule has 2 aromatic rings. The van der Waals surface area contributed by atoms with Crippen LogP contribution >= 0.6 is 11.3 Å². The van der Waals surface area contributed by atoms with Gasteiger partial charge in [0.05, 0.1) is 11.1 Å². The van der Waals surface area contributed by atoms with Gasteiger partial charge >= 0.3 is 0 Å². The summed E-state index contributed by atoms with van der Waals surface area (Å²) >= 11 is 1.61. The highest BCUT2D eigenvalue weighted by atomic mass is 32.1. The molecule has 3 heteroatoms. The quantitative estimate of drug-likeness (QED) is 0.917. The molecule has 1 atom stereocenters. The van der Waals surface area contributed by atoms with Gasteiger partial charge in [-0.05, 0) is 23.5 Å². The van der Waals surface area contributed by atoms with Crippen molar-refractivity contribution in [3.8, 4) is 0 Å². The molecule has 0 bridgehead atoms. The molecule has 0 radical (unpaired) electrons. The monoisotopic (exact) mass is 275 g/mol. The average Bonchev–Trinajstić information content (AvgIpc) is 2.73. The molecule has 1 N–H and O–H groups in total. The van der Waals surface area contributed by atoms with Crippen molar-refractivity contribution in [1.82, 2.24) is 4.98 Å². The normalized spacial score (nSPS) is 13.5. The lowest BCUT2D eigenvalue weighted by atomic mass is 9.82. The third kappa shape index (κ3) is 3.43. The standard InChI is InChI=1S/C16H21NOS/c1-11-10-19-15(17-11)9-14(18)12-7-5-6-8-13(12)16(2,3)4/h5-8,10,14,18H,9H2,1-4H3. The van der Waals surface area contributed by atoms with Crippen LogP contribution in [-0.2, 0) is 11.8 Å². The fraction of sp³-hybridized carbons (Fsp3) is 0.438. The highest BCUT2D eigenvalue weighted by Crippen LogP contribution is 2.31. The van der Waals surface area contributed by atoms with Crippen LogP contribution in [0, 0.1) is 6.92 Å². The van der Waals surface area contributed by atoms with Gasteiger partial charge in [-0.15, -0.1) is 11.3 Å². The SMILES string of the molecule is Cc1csc(CC(O)c2ccccc2C(C)(C)C)n1. The molecule has 0 saturated carbocycles. The molecule has 0 saturated heterocycles. The van der Waals surface area contributed by atoms with Crippen molar-refractivity contribution in [2.75, 3.05) is 0 Å². The number of nitrogens with zero attached hydrogens (tertiary/aromatic N) is 1. The molecule has 1 heterocycles. The predicted molar refractivity (Wildman–Crippen MR) is 80.7 cm³/mol. The van der Waals surface area contributed by atoms with E-state index in [0.29, 0.717) is 6.42 Å². The summed E-state index contributed by atoms with van der Waals surface area (Å²) in [5.74, 6) is 0. The number of hydrogen-bond acceptors (Lipinski definition) is 3. The topological polar surface area (TPSA) is 33.1 Å². The average molecular weight is 275 g/mol. The summed E-state index contributed by atoms with van der Waals surface area (Å²) in [6.07, 6.45) is 0.104. The van der Waals surface area contributed by atoms with Crippen molar-refractivity contribution in [1.29, 1.82) is 0 Å². The molecule has 19 heavy (non-hydrogen) atoms. The summed E-state index contributed by atoms with van der Waals surface area (Å²) in [6.45, 7) is 8.50. The Morgan fingerprint density at radius 1 is 1.26 bits per heavy atom. The van der Waals surface area contributed by atoms with Crippen LogP contribution in [0.25, 0.3) is 0 Å². The van der Waals surface area contributed by atoms with Crippen molar-refractivity contribution >= 4 is 11.3 Å². The molecule has 1 aromatic carbocycles. The lowest BCUT2D eigenvalue weighted by Crippen LogP contribution is -2.16. The van der Waals surface area contributed by atoms with Crippen LogP contribution in [0.2, 0.25) is 0 Å². The summed E-state index contributed by atoms with van der Waals surface area (Å²) in [4.78, 5) is 4.43. The van der Waals surface area contributed by atoms with E-state index in [1.54, 1.807) is 11.3 Å². The summed E-state index contributed by atoms with van der Waals surface area (Å²) in [7, 11) is 0. The fourth-order valence-electron chi connectivity index (χ4n) is 2.24. The first-order valence-corrected chi connectivity index (χ1v) is 7.44. The summed E-state index contributed by atoms with van der Waals surface area (Å²) in [5, 5.41) is 13.5. The maximum Gasteiger partial charge on any atom is 0.0957 e. The number of aryl methyl sites for hydroxylation is 1. The molecular weight excluding hydrogens is 254 g/mol. The van der Waals surface area contributed by atoms with E-state index in [1.807, 2.05) is 30.5 Å². The van der Waals surface area contributed by atoms with Crippen LogP contribution < -0.4 is 0 Å². The van der Waals surface area contributed by atoms with Crippen molar-refractivity contribution < 1.29 is 5.11 Å². The Morgan fingerprint density at radius 2 is 1.95 bits per heavy atom. The summed E-state index contributed by atoms with van der Waals surface area (Å²) < 4.78 is 0. The number of benzene rings is 1. The number of hydrogen-bond donors (Lipinski definition) is 1. The van der Waals surface area contributed by atoms with Gasteiger partial charge in [-0.2, -0.15) is 0 Å². The van der Waals surface area contributed by atoms with Crippen LogP contribution in [0.5, 0.6) is 0 Å². The number of thiazole rings is 1. The van der Waals surface area contributed by atoms with Crippen LogP contribution in [0.4, 0.5) is 0 Å². The molecule has 1 aromatic heterocycles. The zero-order valence-electron chi connectivity index (χ0n) is 12.0. The minimum atomic E-state index is -0.485. The molecule has 2 rings (SSSR count). The van der Waals surface area contributed by atoms with E-state index in [9.17, 15) is 5.11 Å². The highest BCUT2D eigenvalue weighted by molar-refractivity contribution is 7.09. The first-order chi connectivity index (χ1) is 8.88. The summed E-state index contributed by atoms with van der Waals surface area (Å²) in [6, 6.07) is 8.14. The molecule has 0 amide bonds. The molecule has 0 fully saturated rings. The van der Waals surface area contributed by atoms with E-state index in [4.69, 9.17) is 0 Å². The van der Waals surface area contributed by atoms with Crippen molar-refractivity contribution in [3.63, 3.8) is 0 Å². The predicted octanol–water partition coefficient (Wildman–Crippen LogP) is 4.03. The molecule has 0 spiro atoms. The number of aliphatic hydroxyl groups excluding tert-OH is 1. The van der Waals surface area contributed by atoms with Crippen LogP contribution in [0.3, 0.4) is 0 Å². The van der Waals surface area contributed by atoms with E-state index >= 15 is 0 Å². The van der Waals surface area contributed by atoms with Gasteiger partial charge in [0.1, 0.15) is 0 Å². The van der Waals surface area contributed by atoms with Gasteiger partial charge in [0.25, 0.3) is 0 Å². The molecule has 0 aliphatic rings. The Morgan fingerprint density at radius 3 is 2.53 bits per heavy atom. The van der Waals surface area contributed by atoms with Crippen molar-refractivity contribution in [2.24, 2.45) is 0 Å². The first-order valence-electron chi connectivity index (χ1n) is 6.56. The molecular formula is C16H21NOS. The molecule has 102 valence electrons. The van der Waals surface area contributed by atoms with Crippen molar-refractivity contribution in [2.45, 2.75) is 45.6 Å². The Balaban J connectivity index is 2.26. The van der Waals surface area contributed by atoms with Crippen LogP contribution in [0.15, 0.2) is 29.6 Å². The number of aromatic nitrogens is 1. The van der Waals surface area contributed by atoms with E-state index < -0.39 is 6.10 Å². The van der Waals surface area contributed by atoms with Crippen LogP contribution in [0.1, 0.15) is 48.7 Å². The third-order valence-corrected chi connectivity index (χ3v) is 4.15. The second-order valence-corrected chi connectivity index (χ2v) is 6.88. The zero-order valence-corrected chi connectivity index (χ0v) is 12.8. The zero-order chi connectivity index (χ0) is 14.0. The first kappa shape index (κ1) is 14.2. The second-order valence-electron chi connectivity index (χ2n) is 5.94. The third-order valence-electron chi connectivity index (χ3n) is 3.16. The largest absolute Gasteiger partial charge is 0.388 e. The van der Waals surface area contributed by atoms with Gasteiger partial charge in [-0.1, -0.05) is 45.0 Å². The minimum Gasteiger partial charge on any atom is -0.388 e. The maximum absolute atomic E-state index is 10.5. The Kier molecular flexibility index (Phi) is 4.07. The van der Waals surface area contributed by atoms with Crippen molar-refractivity contribution in [3.05, 3.63) is 51.5 Å². The molecule has 0 aliphatic heterocycles. The van der Waals surface area contributed by atoms with E-state index in [1.165, 1.54) is 5.56 Å². The second kappa shape index (κ2) is 5.43. The van der Waals surface area contributed by atoms with Gasteiger partial charge in [0, 0.05) is 17.5 Å². The Labute approximate surface area is 119 Å². The van der Waals surface area contributed by atoms with Gasteiger partial charge in [-0.3, -0.25) is 0 Å². The van der Waals surface area contributed by atoms with Crippen LogP contribution in [-0.4, -0.2) is 10.1 Å².